The molecule has 1 aliphatic rings. The van der Waals surface area contributed by atoms with Crippen LogP contribution in [0.15, 0.2) is 36.4 Å². The molecule has 0 bridgehead atoms. The van der Waals surface area contributed by atoms with Gasteiger partial charge in [-0.15, -0.1) is 0 Å². The maximum atomic E-state index is 12.4. The highest BCUT2D eigenvalue weighted by molar-refractivity contribution is 7.99. The highest BCUT2D eigenvalue weighted by Gasteiger charge is 2.39. The van der Waals surface area contributed by atoms with Crippen LogP contribution >= 0.6 is 11.8 Å². The molecule has 1 aliphatic carbocycles. The Hall–Kier alpha value is -1.67. The zero-order valence-corrected chi connectivity index (χ0v) is 21.3. The number of unbranched alkanes of at least 4 members (excludes halogenated alkanes) is 1. The summed E-state index contributed by atoms with van der Waals surface area (Å²) in [6, 6.07) is 7.91. The maximum Gasteiger partial charge on any atom is 0.305 e. The molecular weight excluding hydrogens is 452 g/mol. The van der Waals surface area contributed by atoms with Crippen LogP contribution in [-0.2, 0) is 32.1 Å². The fraction of sp³-hybridized carbons (Fsp3) is 0.630. The van der Waals surface area contributed by atoms with Gasteiger partial charge in [-0.25, -0.2) is 0 Å². The first-order valence-electron chi connectivity index (χ1n) is 12.3. The van der Waals surface area contributed by atoms with Gasteiger partial charge in [0.2, 0.25) is 0 Å². The quantitative estimate of drug-likeness (QED) is 0.204. The molecule has 0 amide bonds. The van der Waals surface area contributed by atoms with E-state index in [0.29, 0.717) is 32.5 Å². The number of hydrogen-bond donors (Lipinski definition) is 2. The second-order valence-corrected chi connectivity index (χ2v) is 10.1. The summed E-state index contributed by atoms with van der Waals surface area (Å²) in [6.07, 6.45) is 6.56. The second-order valence-electron chi connectivity index (χ2n) is 8.91. The van der Waals surface area contributed by atoms with E-state index in [9.17, 15) is 19.8 Å². The lowest BCUT2D eigenvalue weighted by Crippen LogP contribution is -2.20. The second kappa shape index (κ2) is 16.1. The first-order valence-corrected chi connectivity index (χ1v) is 13.5. The SMILES string of the molecule is CCCCOC(=O)CCCSCC[C@H]1C(=O)C[C@@H](O)[C@@H]1C=C[C@@H](O)Cc1cccc(COC)c1. The van der Waals surface area contributed by atoms with E-state index in [1.165, 1.54) is 0 Å². The summed E-state index contributed by atoms with van der Waals surface area (Å²) in [5, 5.41) is 20.9. The normalized spacial score (nSPS) is 21.3. The summed E-state index contributed by atoms with van der Waals surface area (Å²) < 4.78 is 10.3. The molecule has 1 aromatic rings. The van der Waals surface area contributed by atoms with E-state index >= 15 is 0 Å². The lowest BCUT2D eigenvalue weighted by molar-refractivity contribution is -0.143. The van der Waals surface area contributed by atoms with Crippen LogP contribution < -0.4 is 0 Å². The van der Waals surface area contributed by atoms with Gasteiger partial charge in [-0.3, -0.25) is 9.59 Å². The van der Waals surface area contributed by atoms with Gasteiger partial charge in [0.25, 0.3) is 0 Å². The van der Waals surface area contributed by atoms with Crippen molar-refractivity contribution in [3.05, 3.63) is 47.5 Å². The highest BCUT2D eigenvalue weighted by Crippen LogP contribution is 2.34. The largest absolute Gasteiger partial charge is 0.466 e. The molecular formula is C27H40O6S. The number of methoxy groups -OCH3 is 1. The number of aliphatic hydroxyl groups is 2. The molecule has 4 atom stereocenters. The van der Waals surface area contributed by atoms with Gasteiger partial charge < -0.3 is 19.7 Å². The van der Waals surface area contributed by atoms with Crippen LogP contribution in [0.5, 0.6) is 0 Å². The molecule has 1 aromatic carbocycles. The fourth-order valence-corrected chi connectivity index (χ4v) is 5.18. The number of ether oxygens (including phenoxy) is 2. The van der Waals surface area contributed by atoms with Crippen LogP contribution in [-0.4, -0.2) is 59.4 Å². The number of carbonyl (C=O) groups is 2. The molecule has 0 aromatic heterocycles. The molecule has 1 fully saturated rings. The number of Topliss-reactive ketones (excluding diaryl/α,β-unsaturated/α-hetero) is 1. The van der Waals surface area contributed by atoms with Gasteiger partial charge in [0.05, 0.1) is 25.4 Å². The smallest absolute Gasteiger partial charge is 0.305 e. The number of hydrogen-bond acceptors (Lipinski definition) is 7. The molecule has 6 nitrogen and oxygen atoms in total. The van der Waals surface area contributed by atoms with Crippen molar-refractivity contribution in [3.63, 3.8) is 0 Å². The van der Waals surface area contributed by atoms with E-state index in [0.717, 1.165) is 41.9 Å². The van der Waals surface area contributed by atoms with Crippen LogP contribution in [0.3, 0.4) is 0 Å². The van der Waals surface area contributed by atoms with Gasteiger partial charge in [0.15, 0.2) is 0 Å². The van der Waals surface area contributed by atoms with E-state index in [1.54, 1.807) is 24.9 Å². The summed E-state index contributed by atoms with van der Waals surface area (Å²) in [7, 11) is 1.65. The Balaban J connectivity index is 1.75. The van der Waals surface area contributed by atoms with Gasteiger partial charge in [0.1, 0.15) is 5.78 Å². The van der Waals surface area contributed by atoms with Gasteiger partial charge in [-0.2, -0.15) is 11.8 Å². The fourth-order valence-electron chi connectivity index (χ4n) is 4.20. The topological polar surface area (TPSA) is 93.1 Å². The Bertz CT molecular complexity index is 780. The van der Waals surface area contributed by atoms with Crippen molar-refractivity contribution >= 4 is 23.5 Å². The molecule has 190 valence electrons. The molecule has 34 heavy (non-hydrogen) atoms. The van der Waals surface area contributed by atoms with Crippen LogP contribution in [0.25, 0.3) is 0 Å². The molecule has 0 heterocycles. The van der Waals surface area contributed by atoms with Crippen molar-refractivity contribution in [2.45, 2.75) is 70.7 Å². The van der Waals surface area contributed by atoms with Crippen LogP contribution in [0.1, 0.15) is 56.6 Å². The lowest BCUT2D eigenvalue weighted by atomic mass is 9.91. The average Bonchev–Trinajstić information content (AvgIpc) is 3.07. The lowest BCUT2D eigenvalue weighted by Gasteiger charge is -2.18. The Morgan fingerprint density at radius 1 is 1.26 bits per heavy atom. The molecule has 0 aliphatic heterocycles. The first kappa shape index (κ1) is 28.6. The predicted octanol–water partition coefficient (Wildman–Crippen LogP) is 4.11. The monoisotopic (exact) mass is 492 g/mol. The van der Waals surface area contributed by atoms with Crippen LogP contribution in [0.2, 0.25) is 0 Å². The molecule has 0 radical (unpaired) electrons. The highest BCUT2D eigenvalue weighted by atomic mass is 32.2. The molecule has 0 unspecified atom stereocenters. The number of benzene rings is 1. The summed E-state index contributed by atoms with van der Waals surface area (Å²) in [5.74, 6) is 1.09. The molecule has 2 N–H and O–H groups in total. The van der Waals surface area contributed by atoms with E-state index in [4.69, 9.17) is 9.47 Å². The maximum absolute atomic E-state index is 12.4. The summed E-state index contributed by atoms with van der Waals surface area (Å²) in [6.45, 7) is 3.09. The van der Waals surface area contributed by atoms with Crippen molar-refractivity contribution in [2.24, 2.45) is 11.8 Å². The third-order valence-corrected chi connectivity index (χ3v) is 7.14. The van der Waals surface area contributed by atoms with Crippen molar-refractivity contribution in [1.29, 1.82) is 0 Å². The molecule has 7 heteroatoms. The van der Waals surface area contributed by atoms with Crippen LogP contribution in [0.4, 0.5) is 0 Å². The first-order chi connectivity index (χ1) is 16.4. The number of carbonyl (C=O) groups excluding carboxylic acids is 2. The molecule has 1 saturated carbocycles. The van der Waals surface area contributed by atoms with E-state index in [2.05, 4.69) is 6.92 Å². The number of aliphatic hydroxyl groups excluding tert-OH is 2. The van der Waals surface area contributed by atoms with Gasteiger partial charge in [-0.1, -0.05) is 49.8 Å². The average molecular weight is 493 g/mol. The van der Waals surface area contributed by atoms with Crippen molar-refractivity contribution in [2.75, 3.05) is 25.2 Å². The summed E-state index contributed by atoms with van der Waals surface area (Å²) in [4.78, 5) is 24.1. The zero-order valence-electron chi connectivity index (χ0n) is 20.5. The molecule has 0 spiro atoms. The van der Waals surface area contributed by atoms with Gasteiger partial charge in [-0.05, 0) is 41.9 Å². The number of ketones is 1. The number of rotatable bonds is 16. The van der Waals surface area contributed by atoms with Crippen molar-refractivity contribution < 1.29 is 29.3 Å². The third-order valence-electron chi connectivity index (χ3n) is 6.04. The number of esters is 1. The third kappa shape index (κ3) is 10.3. The summed E-state index contributed by atoms with van der Waals surface area (Å²) in [5.41, 5.74) is 2.07. The minimum atomic E-state index is -0.700. The van der Waals surface area contributed by atoms with Crippen molar-refractivity contribution in [3.8, 4) is 0 Å². The minimum Gasteiger partial charge on any atom is -0.466 e. The van der Waals surface area contributed by atoms with E-state index in [-0.39, 0.29) is 30.0 Å². The van der Waals surface area contributed by atoms with Gasteiger partial charge >= 0.3 is 5.97 Å². The summed E-state index contributed by atoms with van der Waals surface area (Å²) >= 11 is 1.72. The predicted molar refractivity (Wildman–Crippen MR) is 136 cm³/mol. The molecule has 0 saturated heterocycles. The van der Waals surface area contributed by atoms with E-state index in [1.807, 2.05) is 30.3 Å². The zero-order chi connectivity index (χ0) is 24.8. The Kier molecular flexibility index (Phi) is 13.5. The van der Waals surface area contributed by atoms with Gasteiger partial charge in [0, 0.05) is 38.2 Å². The molecule has 2 rings (SSSR count). The van der Waals surface area contributed by atoms with Crippen LogP contribution in [0, 0.1) is 11.8 Å². The Labute approximate surface area is 208 Å². The number of thioether (sulfide) groups is 1. The van der Waals surface area contributed by atoms with E-state index < -0.39 is 12.2 Å². The standard InChI is InChI=1S/C27H40O6S/c1-3-4-13-33-27(31)9-6-14-34-15-12-24-23(25(29)18-26(24)30)11-10-22(28)17-20-7-5-8-21(16-20)19-32-2/h5,7-8,10-11,16,22-25,28-29H,3-4,6,9,12-15,17-19H2,1-2H3/t22-,23-,24-,25-/m1/s1. The Morgan fingerprint density at radius 3 is 2.82 bits per heavy atom. The Morgan fingerprint density at radius 2 is 2.06 bits per heavy atom. The minimum absolute atomic E-state index is 0.0870. The van der Waals surface area contributed by atoms with Crippen molar-refractivity contribution in [1.82, 2.24) is 0 Å².